The molecule has 1 saturated carbocycles. The van der Waals surface area contributed by atoms with Crippen LogP contribution in [0.5, 0.6) is 0 Å². The lowest BCUT2D eigenvalue weighted by Gasteiger charge is -2.40. The van der Waals surface area contributed by atoms with Gasteiger partial charge in [-0.2, -0.15) is 0 Å². The molecule has 0 aliphatic heterocycles. The SMILES string of the molecule is C[N+](C)(Cc1ccc(NC(=O)c2ccc(Cl)c(Cl)c2)cc1)C1CCCCC1.[B]B([B])B([B])[B]. The van der Waals surface area contributed by atoms with Gasteiger partial charge in [-0.3, -0.25) is 4.79 Å². The zero-order chi connectivity index (χ0) is 24.6. The van der Waals surface area contributed by atoms with Crippen LogP contribution in [0.3, 0.4) is 0 Å². The Morgan fingerprint density at radius 1 is 0.939 bits per heavy atom. The Balaban J connectivity index is 0.000000569. The summed E-state index contributed by atoms with van der Waals surface area (Å²) in [5.74, 6) is -0.195. The molecule has 0 atom stereocenters. The van der Waals surface area contributed by atoms with Gasteiger partial charge in [-0.25, -0.2) is 0 Å². The summed E-state index contributed by atoms with van der Waals surface area (Å²) in [6.45, 7) is 1.01. The second-order valence-electron chi connectivity index (χ2n) is 9.16. The highest BCUT2D eigenvalue weighted by Gasteiger charge is 2.29. The van der Waals surface area contributed by atoms with E-state index in [1.165, 1.54) is 37.7 Å². The molecule has 1 aliphatic carbocycles. The molecule has 8 radical (unpaired) electrons. The quantitative estimate of drug-likeness (QED) is 0.503. The molecule has 0 heterocycles. The molecule has 3 rings (SSSR count). The van der Waals surface area contributed by atoms with E-state index < -0.39 is 12.8 Å². The van der Waals surface area contributed by atoms with Gasteiger partial charge < -0.3 is 9.80 Å². The second-order valence-corrected chi connectivity index (χ2v) is 9.98. The van der Waals surface area contributed by atoms with Crippen molar-refractivity contribution in [1.82, 2.24) is 0 Å². The molecular weight excluding hydrogens is 444 g/mol. The lowest BCUT2D eigenvalue weighted by atomic mass is 8.81. The summed E-state index contributed by atoms with van der Waals surface area (Å²) in [6, 6.07) is 13.8. The minimum Gasteiger partial charge on any atom is -0.322 e. The summed E-state index contributed by atoms with van der Waals surface area (Å²) < 4.78 is 1.02. The summed E-state index contributed by atoms with van der Waals surface area (Å²) in [6.07, 6.45) is 5.55. The average molecular weight is 471 g/mol. The van der Waals surface area contributed by atoms with Gasteiger partial charge in [-0.1, -0.05) is 41.8 Å². The standard InChI is InChI=1S/C22H26Cl2N2O.B6/c1-26(2,19-6-4-3-5-7-19)15-16-8-11-18(12-9-16)25-22(27)17-10-13-20(23)21(24)14-17;1-5(2)6(3)4/h8-14,19H,3-7,15H2,1-2H3;/p+1. The normalized spacial score (nSPS) is 14.1. The van der Waals surface area contributed by atoms with Crippen molar-refractivity contribution in [3.05, 3.63) is 63.6 Å². The first-order valence-electron chi connectivity index (χ1n) is 11.2. The molecule has 0 unspecified atom stereocenters. The first kappa shape index (κ1) is 28.1. The van der Waals surface area contributed by atoms with Crippen LogP contribution >= 0.6 is 23.2 Å². The highest BCUT2D eigenvalue weighted by molar-refractivity contribution is 7.76. The highest BCUT2D eigenvalue weighted by Crippen LogP contribution is 2.28. The number of hydrogen-bond donors (Lipinski definition) is 1. The molecule has 1 amide bonds. The smallest absolute Gasteiger partial charge is 0.255 e. The van der Waals surface area contributed by atoms with Crippen LogP contribution in [0.1, 0.15) is 48.0 Å². The topological polar surface area (TPSA) is 29.1 Å². The summed E-state index contributed by atoms with van der Waals surface area (Å²) >= 11 is 11.9. The predicted molar refractivity (Wildman–Crippen MR) is 148 cm³/mol. The van der Waals surface area contributed by atoms with Gasteiger partial charge in [-0.05, 0) is 56.0 Å². The number of carbonyl (C=O) groups excluding carboxylic acids is 1. The molecule has 0 bridgehead atoms. The molecule has 2 aromatic rings. The predicted octanol–water partition coefficient (Wildman–Crippen LogP) is 3.87. The Kier molecular flexibility index (Phi) is 11.1. The summed E-state index contributed by atoms with van der Waals surface area (Å²) in [5.41, 5.74) is 2.56. The van der Waals surface area contributed by atoms with Crippen molar-refractivity contribution in [2.75, 3.05) is 19.4 Å². The maximum atomic E-state index is 12.4. The van der Waals surface area contributed by atoms with Crippen molar-refractivity contribution in [2.45, 2.75) is 44.7 Å². The zero-order valence-corrected chi connectivity index (χ0v) is 20.9. The first-order valence-corrected chi connectivity index (χ1v) is 12.0. The molecular formula is C22H27B6Cl2N2O+. The molecule has 2 aromatic carbocycles. The molecule has 1 aliphatic rings. The van der Waals surface area contributed by atoms with Gasteiger partial charge in [0.25, 0.3) is 5.91 Å². The van der Waals surface area contributed by atoms with Crippen LogP contribution in [-0.2, 0) is 6.54 Å². The number of anilines is 1. The van der Waals surface area contributed by atoms with Crippen molar-refractivity contribution < 1.29 is 9.28 Å². The van der Waals surface area contributed by atoms with Crippen LogP contribution in [-0.4, -0.2) is 74.2 Å². The Bertz CT molecular complexity index is 900. The first-order chi connectivity index (χ1) is 15.5. The maximum Gasteiger partial charge on any atom is 0.255 e. The third kappa shape index (κ3) is 9.19. The third-order valence-corrected chi connectivity index (χ3v) is 6.73. The number of rotatable bonds is 6. The van der Waals surface area contributed by atoms with E-state index in [1.807, 2.05) is 12.1 Å². The van der Waals surface area contributed by atoms with Crippen LogP contribution in [0, 0.1) is 0 Å². The highest BCUT2D eigenvalue weighted by atomic mass is 35.5. The molecule has 162 valence electrons. The lowest BCUT2D eigenvalue weighted by molar-refractivity contribution is -0.929. The van der Waals surface area contributed by atoms with Crippen LogP contribution in [0.4, 0.5) is 5.69 Å². The van der Waals surface area contributed by atoms with E-state index >= 15 is 0 Å². The van der Waals surface area contributed by atoms with Gasteiger partial charge in [-0.15, -0.1) is 0 Å². The number of amides is 1. The fourth-order valence-corrected chi connectivity index (χ4v) is 4.21. The number of quaternary nitrogens is 1. The van der Waals surface area contributed by atoms with Crippen molar-refractivity contribution in [2.24, 2.45) is 0 Å². The van der Waals surface area contributed by atoms with Crippen molar-refractivity contribution in [3.8, 4) is 0 Å². The van der Waals surface area contributed by atoms with Crippen LogP contribution in [0.25, 0.3) is 0 Å². The Hall–Kier alpha value is -1.16. The molecule has 0 aromatic heterocycles. The van der Waals surface area contributed by atoms with Gasteiger partial charge in [0.1, 0.15) is 6.54 Å². The molecule has 1 fully saturated rings. The van der Waals surface area contributed by atoms with Gasteiger partial charge in [0.2, 0.25) is 0 Å². The number of halogens is 2. The van der Waals surface area contributed by atoms with E-state index in [1.54, 1.807) is 18.2 Å². The molecule has 0 saturated heterocycles. The average Bonchev–Trinajstić information content (AvgIpc) is 2.77. The number of hydrogen-bond acceptors (Lipinski definition) is 1. The zero-order valence-electron chi connectivity index (χ0n) is 19.4. The summed E-state index contributed by atoms with van der Waals surface area (Å²) in [7, 11) is 24.5. The molecule has 0 spiro atoms. The van der Waals surface area contributed by atoms with E-state index in [0.29, 0.717) is 15.6 Å². The number of benzene rings is 2. The van der Waals surface area contributed by atoms with Gasteiger partial charge in [0, 0.05) is 60.5 Å². The van der Waals surface area contributed by atoms with Gasteiger partial charge in [0.05, 0.1) is 30.2 Å². The summed E-state index contributed by atoms with van der Waals surface area (Å²) in [5, 5.41) is 3.73. The Morgan fingerprint density at radius 2 is 1.52 bits per heavy atom. The lowest BCUT2D eigenvalue weighted by Crippen LogP contribution is -2.48. The minimum absolute atomic E-state index is 0.195. The molecule has 11 heteroatoms. The van der Waals surface area contributed by atoms with Crippen LogP contribution in [0.15, 0.2) is 42.5 Å². The second kappa shape index (κ2) is 13.1. The van der Waals surface area contributed by atoms with Crippen LogP contribution < -0.4 is 5.32 Å². The number of nitrogens with one attached hydrogen (secondary N) is 1. The number of nitrogens with zero attached hydrogens (tertiary/aromatic N) is 1. The van der Waals surface area contributed by atoms with Crippen LogP contribution in [0.2, 0.25) is 10.0 Å². The largest absolute Gasteiger partial charge is 0.322 e. The minimum atomic E-state index is -0.593. The monoisotopic (exact) mass is 471 g/mol. The van der Waals surface area contributed by atoms with E-state index in [9.17, 15) is 4.79 Å². The van der Waals surface area contributed by atoms with Gasteiger partial charge in [0.15, 0.2) is 0 Å². The van der Waals surface area contributed by atoms with E-state index in [2.05, 4.69) is 31.5 Å². The van der Waals surface area contributed by atoms with E-state index in [-0.39, 0.29) is 5.91 Å². The number of carbonyl (C=O) groups is 1. The van der Waals surface area contributed by atoms with E-state index in [4.69, 9.17) is 54.2 Å². The van der Waals surface area contributed by atoms with Crippen molar-refractivity contribution >= 4 is 78.5 Å². The fraction of sp³-hybridized carbons (Fsp3) is 0.409. The Labute approximate surface area is 215 Å². The summed E-state index contributed by atoms with van der Waals surface area (Å²) in [4.78, 5) is 12.4. The van der Waals surface area contributed by atoms with Gasteiger partial charge >= 0.3 is 0 Å². The maximum absolute atomic E-state index is 12.4. The molecule has 33 heavy (non-hydrogen) atoms. The third-order valence-electron chi connectivity index (χ3n) is 5.99. The van der Waals surface area contributed by atoms with Crippen molar-refractivity contribution in [1.29, 1.82) is 0 Å². The molecule has 3 nitrogen and oxygen atoms in total. The fourth-order valence-electron chi connectivity index (χ4n) is 3.91. The van der Waals surface area contributed by atoms with E-state index in [0.717, 1.165) is 22.8 Å². The molecule has 1 N–H and O–H groups in total. The van der Waals surface area contributed by atoms with Crippen molar-refractivity contribution in [3.63, 3.8) is 0 Å². The Morgan fingerprint density at radius 3 is 2.03 bits per heavy atom.